The van der Waals surface area contributed by atoms with Crippen LogP contribution in [0.4, 0.5) is 0 Å². The van der Waals surface area contributed by atoms with Crippen LogP contribution < -0.4 is 15.8 Å². The molecule has 2 aromatic rings. The van der Waals surface area contributed by atoms with E-state index in [0.717, 1.165) is 0 Å². The Labute approximate surface area is 144 Å². The summed E-state index contributed by atoms with van der Waals surface area (Å²) in [7, 11) is 0. The molecule has 0 aliphatic carbocycles. The van der Waals surface area contributed by atoms with E-state index in [9.17, 15) is 14.4 Å². The van der Waals surface area contributed by atoms with Gasteiger partial charge in [0.05, 0.1) is 12.1 Å². The highest BCUT2D eigenvalue weighted by atomic mass is 16.5. The normalized spacial score (nSPS) is 9.92. The van der Waals surface area contributed by atoms with Gasteiger partial charge in [-0.25, -0.2) is 4.79 Å². The molecule has 7 heteroatoms. The third kappa shape index (κ3) is 5.98. The Morgan fingerprint density at radius 2 is 1.64 bits per heavy atom. The second kappa shape index (κ2) is 9.07. The number of benzene rings is 2. The van der Waals surface area contributed by atoms with E-state index in [4.69, 9.17) is 15.2 Å². The summed E-state index contributed by atoms with van der Waals surface area (Å²) in [5, 5.41) is 2.23. The second-order valence-corrected chi connectivity index (χ2v) is 5.08. The van der Waals surface area contributed by atoms with E-state index in [1.807, 2.05) is 30.3 Å². The first-order valence-corrected chi connectivity index (χ1v) is 7.54. The van der Waals surface area contributed by atoms with Crippen molar-refractivity contribution >= 4 is 17.8 Å². The number of para-hydroxylation sites is 1. The Balaban J connectivity index is 1.93. The maximum absolute atomic E-state index is 12.2. The van der Waals surface area contributed by atoms with Crippen LogP contribution >= 0.6 is 0 Å². The number of carbonyl (C=O) groups excluding carboxylic acids is 3. The Bertz CT molecular complexity index is 746. The van der Waals surface area contributed by atoms with Gasteiger partial charge in [-0.2, -0.15) is 0 Å². The van der Waals surface area contributed by atoms with Crippen molar-refractivity contribution in [3.05, 3.63) is 65.7 Å². The number of carbonyl (C=O) groups is 3. The van der Waals surface area contributed by atoms with Crippen LogP contribution in [0, 0.1) is 0 Å². The standard InChI is InChI=1S/C18H18N2O5/c19-16(21)10-20-17(22)12-25-18(23)15-9-5-4-6-13(15)11-24-14-7-2-1-3-8-14/h1-9H,10-12H2,(H2,19,21)(H,20,22). The summed E-state index contributed by atoms with van der Waals surface area (Å²) in [6, 6.07) is 16.0. The van der Waals surface area contributed by atoms with Gasteiger partial charge in [0, 0.05) is 5.56 Å². The average molecular weight is 342 g/mol. The van der Waals surface area contributed by atoms with E-state index in [1.54, 1.807) is 24.3 Å². The molecule has 0 aliphatic rings. The first-order chi connectivity index (χ1) is 12.1. The summed E-state index contributed by atoms with van der Waals surface area (Å²) in [5.41, 5.74) is 5.85. The van der Waals surface area contributed by atoms with Crippen LogP contribution in [0.25, 0.3) is 0 Å². The van der Waals surface area contributed by atoms with E-state index >= 15 is 0 Å². The lowest BCUT2D eigenvalue weighted by atomic mass is 10.1. The Morgan fingerprint density at radius 3 is 2.36 bits per heavy atom. The van der Waals surface area contributed by atoms with Crippen LogP contribution in [0.5, 0.6) is 5.75 Å². The molecule has 0 bridgehead atoms. The van der Waals surface area contributed by atoms with Gasteiger partial charge in [0.2, 0.25) is 5.91 Å². The highest BCUT2D eigenvalue weighted by molar-refractivity contribution is 5.93. The number of primary amides is 1. The van der Waals surface area contributed by atoms with Crippen molar-refractivity contribution in [2.24, 2.45) is 5.73 Å². The molecule has 0 fully saturated rings. The lowest BCUT2D eigenvalue weighted by Gasteiger charge is -2.11. The first kappa shape index (κ1) is 18.0. The summed E-state index contributed by atoms with van der Waals surface area (Å²) in [5.74, 6) is -1.26. The molecule has 7 nitrogen and oxygen atoms in total. The van der Waals surface area contributed by atoms with E-state index < -0.39 is 24.4 Å². The van der Waals surface area contributed by atoms with E-state index in [1.165, 1.54) is 0 Å². The molecule has 2 rings (SSSR count). The number of hydrogen-bond acceptors (Lipinski definition) is 5. The van der Waals surface area contributed by atoms with Gasteiger partial charge in [0.1, 0.15) is 12.4 Å². The second-order valence-electron chi connectivity index (χ2n) is 5.08. The molecule has 130 valence electrons. The predicted molar refractivity (Wildman–Crippen MR) is 89.7 cm³/mol. The number of amides is 2. The van der Waals surface area contributed by atoms with Crippen LogP contribution in [0.1, 0.15) is 15.9 Å². The SMILES string of the molecule is NC(=O)CNC(=O)COC(=O)c1ccccc1COc1ccccc1. The quantitative estimate of drug-likeness (QED) is 0.697. The van der Waals surface area contributed by atoms with Crippen molar-refractivity contribution in [2.45, 2.75) is 6.61 Å². The molecule has 2 amide bonds. The fourth-order valence-electron chi connectivity index (χ4n) is 1.97. The third-order valence-corrected chi connectivity index (χ3v) is 3.17. The maximum Gasteiger partial charge on any atom is 0.339 e. The van der Waals surface area contributed by atoms with E-state index in [-0.39, 0.29) is 13.2 Å². The Hall–Kier alpha value is -3.35. The van der Waals surface area contributed by atoms with Crippen LogP contribution in [0.15, 0.2) is 54.6 Å². The zero-order valence-corrected chi connectivity index (χ0v) is 13.4. The lowest BCUT2D eigenvalue weighted by Crippen LogP contribution is -2.36. The minimum absolute atomic E-state index is 0.184. The minimum Gasteiger partial charge on any atom is -0.489 e. The number of nitrogens with two attached hydrogens (primary N) is 1. The molecule has 0 saturated carbocycles. The molecular weight excluding hydrogens is 324 g/mol. The van der Waals surface area contributed by atoms with Crippen LogP contribution in [-0.2, 0) is 20.9 Å². The topological polar surface area (TPSA) is 108 Å². The zero-order valence-electron chi connectivity index (χ0n) is 13.4. The van der Waals surface area contributed by atoms with Crippen LogP contribution in [0.2, 0.25) is 0 Å². The average Bonchev–Trinajstić information content (AvgIpc) is 2.63. The molecule has 0 unspecified atom stereocenters. The number of nitrogens with one attached hydrogen (secondary N) is 1. The molecule has 2 aromatic carbocycles. The summed E-state index contributed by atoms with van der Waals surface area (Å²) < 4.78 is 10.6. The van der Waals surface area contributed by atoms with Crippen molar-refractivity contribution in [1.82, 2.24) is 5.32 Å². The van der Waals surface area contributed by atoms with Gasteiger partial charge >= 0.3 is 5.97 Å². The van der Waals surface area contributed by atoms with Gasteiger partial charge in [-0.05, 0) is 18.2 Å². The number of hydrogen-bond donors (Lipinski definition) is 2. The van der Waals surface area contributed by atoms with Crippen molar-refractivity contribution in [2.75, 3.05) is 13.2 Å². The number of rotatable bonds is 8. The summed E-state index contributed by atoms with van der Waals surface area (Å²) in [6.07, 6.45) is 0. The van der Waals surface area contributed by atoms with Crippen molar-refractivity contribution in [3.63, 3.8) is 0 Å². The summed E-state index contributed by atoms with van der Waals surface area (Å²) in [4.78, 5) is 34.2. The maximum atomic E-state index is 12.2. The number of ether oxygens (including phenoxy) is 2. The molecule has 0 aromatic heterocycles. The molecule has 3 N–H and O–H groups in total. The van der Waals surface area contributed by atoms with Gasteiger partial charge in [-0.15, -0.1) is 0 Å². The van der Waals surface area contributed by atoms with E-state index in [2.05, 4.69) is 5.32 Å². The van der Waals surface area contributed by atoms with Gasteiger partial charge in [0.25, 0.3) is 5.91 Å². The molecule has 25 heavy (non-hydrogen) atoms. The van der Waals surface area contributed by atoms with Crippen molar-refractivity contribution in [3.8, 4) is 5.75 Å². The monoisotopic (exact) mass is 342 g/mol. The summed E-state index contributed by atoms with van der Waals surface area (Å²) >= 11 is 0. The molecule has 0 heterocycles. The zero-order chi connectivity index (χ0) is 18.1. The Kier molecular flexibility index (Phi) is 6.53. The summed E-state index contributed by atoms with van der Waals surface area (Å²) in [6.45, 7) is -0.624. The van der Waals surface area contributed by atoms with Crippen LogP contribution in [0.3, 0.4) is 0 Å². The van der Waals surface area contributed by atoms with Gasteiger partial charge in [0.15, 0.2) is 6.61 Å². The largest absolute Gasteiger partial charge is 0.489 e. The molecular formula is C18H18N2O5. The fraction of sp³-hybridized carbons (Fsp3) is 0.167. The molecule has 0 aliphatic heterocycles. The minimum atomic E-state index is -0.678. The van der Waals surface area contributed by atoms with Gasteiger partial charge in [-0.3, -0.25) is 9.59 Å². The smallest absolute Gasteiger partial charge is 0.339 e. The first-order valence-electron chi connectivity index (χ1n) is 7.54. The van der Waals surface area contributed by atoms with Crippen LogP contribution in [-0.4, -0.2) is 30.9 Å². The molecule has 0 radical (unpaired) electrons. The highest BCUT2D eigenvalue weighted by Crippen LogP contribution is 2.15. The lowest BCUT2D eigenvalue weighted by molar-refractivity contribution is -0.127. The van der Waals surface area contributed by atoms with Crippen molar-refractivity contribution in [1.29, 1.82) is 0 Å². The third-order valence-electron chi connectivity index (χ3n) is 3.17. The molecule has 0 saturated heterocycles. The van der Waals surface area contributed by atoms with Gasteiger partial charge in [-0.1, -0.05) is 36.4 Å². The molecule has 0 spiro atoms. The fourth-order valence-corrected chi connectivity index (χ4v) is 1.97. The highest BCUT2D eigenvalue weighted by Gasteiger charge is 2.14. The number of esters is 1. The van der Waals surface area contributed by atoms with Gasteiger partial charge < -0.3 is 20.5 Å². The Morgan fingerprint density at radius 1 is 0.960 bits per heavy atom. The predicted octanol–water partition coefficient (Wildman–Crippen LogP) is 1.02. The van der Waals surface area contributed by atoms with Crippen molar-refractivity contribution < 1.29 is 23.9 Å². The van der Waals surface area contributed by atoms with E-state index in [0.29, 0.717) is 16.9 Å². The molecule has 0 atom stereocenters.